The molecule has 174 valence electrons. The minimum absolute atomic E-state index is 0.216. The van der Waals surface area contributed by atoms with E-state index in [0.29, 0.717) is 23.7 Å². The molecule has 1 aromatic heterocycles. The van der Waals surface area contributed by atoms with Gasteiger partial charge in [0, 0.05) is 37.2 Å². The fourth-order valence-electron chi connectivity index (χ4n) is 3.59. The van der Waals surface area contributed by atoms with Gasteiger partial charge in [0.15, 0.2) is 0 Å². The number of carboxylic acids is 1. The molecular formula is C21H27ClN4O6. The van der Waals surface area contributed by atoms with E-state index in [0.717, 1.165) is 5.56 Å². The van der Waals surface area contributed by atoms with Crippen molar-refractivity contribution in [1.82, 2.24) is 19.9 Å². The molecule has 32 heavy (non-hydrogen) atoms. The second kappa shape index (κ2) is 11.4. The van der Waals surface area contributed by atoms with Gasteiger partial charge >= 0.3 is 5.97 Å². The fourth-order valence-corrected chi connectivity index (χ4v) is 3.72. The van der Waals surface area contributed by atoms with E-state index >= 15 is 0 Å². The van der Waals surface area contributed by atoms with Gasteiger partial charge in [0.05, 0.1) is 31.1 Å². The van der Waals surface area contributed by atoms with Crippen molar-refractivity contribution in [2.75, 3.05) is 26.4 Å². The Morgan fingerprint density at radius 1 is 1.31 bits per heavy atom. The molecule has 0 aliphatic carbocycles. The van der Waals surface area contributed by atoms with Crippen LogP contribution >= 0.6 is 11.6 Å². The van der Waals surface area contributed by atoms with Crippen LogP contribution in [0.3, 0.4) is 0 Å². The highest BCUT2D eigenvalue weighted by Crippen LogP contribution is 2.21. The maximum absolute atomic E-state index is 12.4. The van der Waals surface area contributed by atoms with Gasteiger partial charge in [-0.2, -0.15) is 0 Å². The van der Waals surface area contributed by atoms with Crippen molar-refractivity contribution >= 4 is 23.5 Å². The van der Waals surface area contributed by atoms with Crippen LogP contribution in [-0.4, -0.2) is 80.5 Å². The number of ether oxygens (including phenoxy) is 2. The molecule has 0 bridgehead atoms. The first-order valence-corrected chi connectivity index (χ1v) is 10.8. The first-order chi connectivity index (χ1) is 15.4. The SMILES string of the molecule is CCO[C@@H]1C[C@@H](C(=O)O)N(C(=O)COCCc2cn(C[C@H](O)c3ccc(Cl)cc3)nn2)C1. The molecule has 0 spiro atoms. The number of aliphatic carboxylic acids is 1. The smallest absolute Gasteiger partial charge is 0.326 e. The lowest BCUT2D eigenvalue weighted by Gasteiger charge is -2.21. The minimum atomic E-state index is -1.04. The molecule has 1 aliphatic rings. The van der Waals surface area contributed by atoms with Gasteiger partial charge in [-0.1, -0.05) is 28.9 Å². The summed E-state index contributed by atoms with van der Waals surface area (Å²) in [6.07, 6.45) is 1.38. The van der Waals surface area contributed by atoms with Gasteiger partial charge in [-0.3, -0.25) is 4.79 Å². The number of rotatable bonds is 11. The van der Waals surface area contributed by atoms with Crippen LogP contribution in [0, 0.1) is 0 Å². The second-order valence-electron chi connectivity index (χ2n) is 7.52. The number of halogens is 1. The van der Waals surface area contributed by atoms with Gasteiger partial charge in [-0.25, -0.2) is 9.48 Å². The average Bonchev–Trinajstić information content (AvgIpc) is 3.39. The molecule has 10 nitrogen and oxygen atoms in total. The lowest BCUT2D eigenvalue weighted by Crippen LogP contribution is -2.42. The molecule has 1 aromatic carbocycles. The van der Waals surface area contributed by atoms with Gasteiger partial charge in [-0.05, 0) is 24.6 Å². The van der Waals surface area contributed by atoms with Gasteiger partial charge in [0.1, 0.15) is 12.6 Å². The Hall–Kier alpha value is -2.53. The van der Waals surface area contributed by atoms with Gasteiger partial charge in [0.25, 0.3) is 0 Å². The van der Waals surface area contributed by atoms with Crippen molar-refractivity contribution < 1.29 is 29.3 Å². The predicted molar refractivity (Wildman–Crippen MR) is 114 cm³/mol. The Kier molecular flexibility index (Phi) is 8.57. The summed E-state index contributed by atoms with van der Waals surface area (Å²) in [7, 11) is 0. The summed E-state index contributed by atoms with van der Waals surface area (Å²) in [5.74, 6) is -1.42. The maximum atomic E-state index is 12.4. The third-order valence-corrected chi connectivity index (χ3v) is 5.45. The largest absolute Gasteiger partial charge is 0.480 e. The Morgan fingerprint density at radius 3 is 2.75 bits per heavy atom. The molecule has 1 saturated heterocycles. The van der Waals surface area contributed by atoms with Crippen molar-refractivity contribution in [3.05, 3.63) is 46.7 Å². The predicted octanol–water partition coefficient (Wildman–Crippen LogP) is 1.31. The van der Waals surface area contributed by atoms with Crippen LogP contribution in [0.15, 0.2) is 30.5 Å². The van der Waals surface area contributed by atoms with E-state index in [2.05, 4.69) is 10.3 Å². The van der Waals surface area contributed by atoms with E-state index in [1.807, 2.05) is 6.92 Å². The van der Waals surface area contributed by atoms with Crippen molar-refractivity contribution in [2.24, 2.45) is 0 Å². The van der Waals surface area contributed by atoms with E-state index in [-0.39, 0.29) is 44.7 Å². The van der Waals surface area contributed by atoms with Crippen LogP contribution in [0.1, 0.15) is 30.7 Å². The zero-order chi connectivity index (χ0) is 23.1. The van der Waals surface area contributed by atoms with E-state index in [1.54, 1.807) is 30.5 Å². The number of aliphatic hydroxyl groups is 1. The number of carbonyl (C=O) groups excluding carboxylic acids is 1. The summed E-state index contributed by atoms with van der Waals surface area (Å²) < 4.78 is 12.5. The van der Waals surface area contributed by atoms with Crippen LogP contribution in [0.25, 0.3) is 0 Å². The first-order valence-electron chi connectivity index (χ1n) is 10.4. The number of carbonyl (C=O) groups is 2. The first kappa shape index (κ1) is 24.1. The molecule has 0 radical (unpaired) electrons. The van der Waals surface area contributed by atoms with Crippen LogP contribution in [0.2, 0.25) is 5.02 Å². The lowest BCUT2D eigenvalue weighted by atomic mass is 10.1. The maximum Gasteiger partial charge on any atom is 0.326 e. The number of aliphatic hydroxyl groups excluding tert-OH is 1. The van der Waals surface area contributed by atoms with Crippen molar-refractivity contribution in [3.63, 3.8) is 0 Å². The Bertz CT molecular complexity index is 906. The molecule has 2 N–H and O–H groups in total. The third-order valence-electron chi connectivity index (χ3n) is 5.20. The van der Waals surface area contributed by atoms with E-state index < -0.39 is 18.1 Å². The minimum Gasteiger partial charge on any atom is -0.480 e. The van der Waals surface area contributed by atoms with Gasteiger partial charge in [0.2, 0.25) is 5.91 Å². The number of benzene rings is 1. The topological polar surface area (TPSA) is 127 Å². The molecule has 1 aliphatic heterocycles. The zero-order valence-electron chi connectivity index (χ0n) is 17.8. The number of aromatic nitrogens is 3. The van der Waals surface area contributed by atoms with Crippen LogP contribution in [-0.2, 0) is 32.0 Å². The molecule has 2 aromatic rings. The third kappa shape index (κ3) is 6.49. The number of carboxylic acid groups (broad SMARTS) is 1. The van der Waals surface area contributed by atoms with E-state index in [4.69, 9.17) is 21.1 Å². The van der Waals surface area contributed by atoms with Crippen LogP contribution < -0.4 is 0 Å². The summed E-state index contributed by atoms with van der Waals surface area (Å²) in [5, 5.41) is 28.3. The molecule has 0 unspecified atom stereocenters. The number of likely N-dealkylation sites (tertiary alicyclic amines) is 1. The Balaban J connectivity index is 1.42. The summed E-state index contributed by atoms with van der Waals surface area (Å²) in [5.41, 5.74) is 1.38. The van der Waals surface area contributed by atoms with Gasteiger partial charge < -0.3 is 24.6 Å². The van der Waals surface area contributed by atoms with Crippen LogP contribution in [0.5, 0.6) is 0 Å². The number of hydrogen-bond acceptors (Lipinski definition) is 7. The fraction of sp³-hybridized carbons (Fsp3) is 0.524. The quantitative estimate of drug-likeness (QED) is 0.474. The van der Waals surface area contributed by atoms with Crippen molar-refractivity contribution in [2.45, 2.75) is 44.6 Å². The monoisotopic (exact) mass is 466 g/mol. The lowest BCUT2D eigenvalue weighted by molar-refractivity contribution is -0.150. The van der Waals surface area contributed by atoms with E-state index in [1.165, 1.54) is 9.58 Å². The summed E-state index contributed by atoms with van der Waals surface area (Å²) >= 11 is 5.86. The molecule has 2 heterocycles. The highest BCUT2D eigenvalue weighted by atomic mass is 35.5. The molecular weight excluding hydrogens is 440 g/mol. The molecule has 11 heteroatoms. The van der Waals surface area contributed by atoms with Crippen molar-refractivity contribution in [1.29, 1.82) is 0 Å². The van der Waals surface area contributed by atoms with E-state index in [9.17, 15) is 19.8 Å². The summed E-state index contributed by atoms with van der Waals surface area (Å²) in [4.78, 5) is 25.2. The number of hydrogen-bond donors (Lipinski definition) is 2. The number of amides is 1. The number of nitrogens with zero attached hydrogens (tertiary/aromatic N) is 4. The normalized spacial score (nSPS) is 19.3. The molecule has 3 atom stereocenters. The summed E-state index contributed by atoms with van der Waals surface area (Å²) in [6, 6.07) is 6.03. The zero-order valence-corrected chi connectivity index (χ0v) is 18.5. The molecule has 1 fully saturated rings. The average molecular weight is 467 g/mol. The molecule has 1 amide bonds. The standard InChI is InChI=1S/C21H27ClN4O6/c1-2-32-17-9-18(21(29)30)26(11-17)20(28)13-31-8-7-16-10-25(24-23-16)12-19(27)14-3-5-15(22)6-4-14/h3-6,10,17-19,27H,2,7-9,11-13H2,1H3,(H,29,30)/t17-,18+,19+/m1/s1. The Morgan fingerprint density at radius 2 is 2.06 bits per heavy atom. The molecule has 0 saturated carbocycles. The van der Waals surface area contributed by atoms with Gasteiger partial charge in [-0.15, -0.1) is 5.10 Å². The Labute approximate surface area is 190 Å². The molecule has 3 rings (SSSR count). The van der Waals surface area contributed by atoms with Crippen molar-refractivity contribution in [3.8, 4) is 0 Å². The highest BCUT2D eigenvalue weighted by Gasteiger charge is 2.39. The second-order valence-corrected chi connectivity index (χ2v) is 7.95. The van der Waals surface area contributed by atoms with Crippen LogP contribution in [0.4, 0.5) is 0 Å². The highest BCUT2D eigenvalue weighted by molar-refractivity contribution is 6.30. The summed E-state index contributed by atoms with van der Waals surface area (Å²) in [6.45, 7) is 2.79.